The molecule has 1 N–H and O–H groups in total. The molecule has 2 aliphatic heterocycles. The fourth-order valence-corrected chi connectivity index (χ4v) is 4.25. The summed E-state index contributed by atoms with van der Waals surface area (Å²) in [5, 5.41) is 3.06. The van der Waals surface area contributed by atoms with Gasteiger partial charge in [0, 0.05) is 31.7 Å². The van der Waals surface area contributed by atoms with E-state index in [-0.39, 0.29) is 24.9 Å². The summed E-state index contributed by atoms with van der Waals surface area (Å²) in [7, 11) is 0. The van der Waals surface area contributed by atoms with Gasteiger partial charge in [0.05, 0.1) is 12.5 Å². The summed E-state index contributed by atoms with van der Waals surface area (Å²) in [5.41, 5.74) is -0.862. The lowest BCUT2D eigenvalue weighted by Gasteiger charge is -2.44. The smallest absolute Gasteiger partial charge is 0.352 e. The highest BCUT2D eigenvalue weighted by atomic mass is 19.4. The topological polar surface area (TPSA) is 35.6 Å². The SMILES string of the molecule is CC(C)N1CCC(NC(=O)CN2CCC(C(F)(F)F)C(C)(C)C2)CC1. The van der Waals surface area contributed by atoms with Crippen molar-refractivity contribution in [2.24, 2.45) is 11.3 Å². The van der Waals surface area contributed by atoms with Crippen LogP contribution in [0.25, 0.3) is 0 Å². The van der Waals surface area contributed by atoms with Crippen molar-refractivity contribution in [2.75, 3.05) is 32.7 Å². The monoisotopic (exact) mass is 363 g/mol. The zero-order valence-electron chi connectivity index (χ0n) is 15.8. The molecule has 0 saturated carbocycles. The number of halogens is 3. The van der Waals surface area contributed by atoms with Crippen molar-refractivity contribution in [2.45, 2.75) is 65.2 Å². The summed E-state index contributed by atoms with van der Waals surface area (Å²) in [6, 6.07) is 0.706. The molecular formula is C18H32F3N3O. The van der Waals surface area contributed by atoms with Crippen LogP contribution in [-0.4, -0.2) is 66.7 Å². The lowest BCUT2D eigenvalue weighted by Crippen LogP contribution is -2.54. The molecule has 1 amide bonds. The number of amides is 1. The molecule has 0 aromatic heterocycles. The predicted molar refractivity (Wildman–Crippen MR) is 92.3 cm³/mol. The average Bonchev–Trinajstić information content (AvgIpc) is 2.45. The molecule has 0 radical (unpaired) electrons. The first-order valence-electron chi connectivity index (χ1n) is 9.31. The molecule has 0 spiro atoms. The van der Waals surface area contributed by atoms with Gasteiger partial charge < -0.3 is 10.2 Å². The van der Waals surface area contributed by atoms with Crippen molar-refractivity contribution >= 4 is 5.91 Å². The van der Waals surface area contributed by atoms with Gasteiger partial charge in [-0.3, -0.25) is 9.69 Å². The fourth-order valence-electron chi connectivity index (χ4n) is 4.25. The molecule has 4 nitrogen and oxygen atoms in total. The average molecular weight is 363 g/mol. The molecule has 7 heteroatoms. The molecule has 0 aliphatic carbocycles. The second-order valence-electron chi connectivity index (χ2n) is 8.55. The molecule has 2 saturated heterocycles. The summed E-state index contributed by atoms with van der Waals surface area (Å²) in [5.74, 6) is -1.36. The number of carbonyl (C=O) groups excluding carboxylic acids is 1. The summed E-state index contributed by atoms with van der Waals surface area (Å²) in [6.07, 6.45) is -2.23. The minimum atomic E-state index is -4.16. The van der Waals surface area contributed by atoms with Gasteiger partial charge in [0.25, 0.3) is 0 Å². The number of hydrogen-bond donors (Lipinski definition) is 1. The lowest BCUT2D eigenvalue weighted by atomic mass is 9.73. The summed E-state index contributed by atoms with van der Waals surface area (Å²) in [4.78, 5) is 16.6. The maximum atomic E-state index is 13.1. The first kappa shape index (κ1) is 20.5. The Balaban J connectivity index is 1.78. The van der Waals surface area contributed by atoms with E-state index in [1.807, 2.05) is 4.90 Å². The number of rotatable bonds is 4. The Labute approximate surface area is 149 Å². The Morgan fingerprint density at radius 3 is 2.24 bits per heavy atom. The lowest BCUT2D eigenvalue weighted by molar-refractivity contribution is -0.216. The summed E-state index contributed by atoms with van der Waals surface area (Å²) in [6.45, 7) is 10.4. The Hall–Kier alpha value is -0.820. The van der Waals surface area contributed by atoms with Gasteiger partial charge in [-0.15, -0.1) is 0 Å². The number of piperidine rings is 2. The van der Waals surface area contributed by atoms with E-state index in [1.54, 1.807) is 13.8 Å². The van der Waals surface area contributed by atoms with Gasteiger partial charge in [0.2, 0.25) is 5.91 Å². The van der Waals surface area contributed by atoms with Crippen molar-refractivity contribution in [1.82, 2.24) is 15.1 Å². The summed E-state index contributed by atoms with van der Waals surface area (Å²) < 4.78 is 39.4. The first-order chi connectivity index (χ1) is 11.5. The molecule has 25 heavy (non-hydrogen) atoms. The Morgan fingerprint density at radius 2 is 1.76 bits per heavy atom. The molecule has 0 aromatic carbocycles. The molecule has 0 bridgehead atoms. The predicted octanol–water partition coefficient (Wildman–Crippen LogP) is 2.89. The number of carbonyl (C=O) groups is 1. The van der Waals surface area contributed by atoms with Gasteiger partial charge in [-0.05, 0) is 45.1 Å². The van der Waals surface area contributed by atoms with E-state index in [0.29, 0.717) is 19.1 Å². The van der Waals surface area contributed by atoms with E-state index in [0.717, 1.165) is 25.9 Å². The molecule has 1 atom stereocenters. The minimum absolute atomic E-state index is 0.0655. The van der Waals surface area contributed by atoms with Crippen molar-refractivity contribution in [3.8, 4) is 0 Å². The van der Waals surface area contributed by atoms with Crippen LogP contribution in [0.2, 0.25) is 0 Å². The Bertz CT molecular complexity index is 457. The summed E-state index contributed by atoms with van der Waals surface area (Å²) >= 11 is 0. The van der Waals surface area contributed by atoms with Crippen molar-refractivity contribution < 1.29 is 18.0 Å². The van der Waals surface area contributed by atoms with Gasteiger partial charge in [-0.25, -0.2) is 0 Å². The zero-order chi connectivity index (χ0) is 18.8. The van der Waals surface area contributed by atoms with E-state index >= 15 is 0 Å². The largest absolute Gasteiger partial charge is 0.392 e. The van der Waals surface area contributed by atoms with Crippen LogP contribution in [-0.2, 0) is 4.79 Å². The molecular weight excluding hydrogens is 331 g/mol. The van der Waals surface area contributed by atoms with Crippen molar-refractivity contribution in [3.63, 3.8) is 0 Å². The third-order valence-electron chi connectivity index (χ3n) is 5.70. The van der Waals surface area contributed by atoms with Crippen molar-refractivity contribution in [3.05, 3.63) is 0 Å². The quantitative estimate of drug-likeness (QED) is 0.834. The van der Waals surface area contributed by atoms with Gasteiger partial charge >= 0.3 is 6.18 Å². The van der Waals surface area contributed by atoms with Crippen LogP contribution in [0, 0.1) is 11.3 Å². The number of likely N-dealkylation sites (tertiary alicyclic amines) is 2. The number of hydrogen-bond acceptors (Lipinski definition) is 3. The minimum Gasteiger partial charge on any atom is -0.352 e. The highest BCUT2D eigenvalue weighted by molar-refractivity contribution is 5.78. The Morgan fingerprint density at radius 1 is 1.16 bits per heavy atom. The van der Waals surface area contributed by atoms with E-state index < -0.39 is 17.5 Å². The zero-order valence-corrected chi connectivity index (χ0v) is 15.8. The molecule has 2 heterocycles. The highest BCUT2D eigenvalue weighted by Crippen LogP contribution is 2.44. The van der Waals surface area contributed by atoms with Gasteiger partial charge in [-0.1, -0.05) is 13.8 Å². The van der Waals surface area contributed by atoms with E-state index in [1.165, 1.54) is 0 Å². The van der Waals surface area contributed by atoms with Crippen LogP contribution in [0.15, 0.2) is 0 Å². The third-order valence-corrected chi connectivity index (χ3v) is 5.70. The highest BCUT2D eigenvalue weighted by Gasteiger charge is 2.51. The van der Waals surface area contributed by atoms with Gasteiger partial charge in [-0.2, -0.15) is 13.2 Å². The first-order valence-corrected chi connectivity index (χ1v) is 9.31. The Kier molecular flexibility index (Phi) is 6.41. The van der Waals surface area contributed by atoms with Gasteiger partial charge in [0.15, 0.2) is 0 Å². The third kappa shape index (κ3) is 5.58. The second-order valence-corrected chi connectivity index (χ2v) is 8.55. The molecule has 0 aromatic rings. The van der Waals surface area contributed by atoms with Crippen LogP contribution in [0.1, 0.15) is 47.0 Å². The van der Waals surface area contributed by atoms with E-state index in [4.69, 9.17) is 0 Å². The van der Waals surface area contributed by atoms with Crippen LogP contribution < -0.4 is 5.32 Å². The van der Waals surface area contributed by atoms with Crippen LogP contribution in [0.4, 0.5) is 13.2 Å². The number of nitrogens with zero attached hydrogens (tertiary/aromatic N) is 2. The maximum Gasteiger partial charge on any atom is 0.392 e. The molecule has 146 valence electrons. The van der Waals surface area contributed by atoms with E-state index in [9.17, 15) is 18.0 Å². The normalized spacial score (nSPS) is 26.8. The number of nitrogens with one attached hydrogen (secondary N) is 1. The molecule has 1 unspecified atom stereocenters. The fraction of sp³-hybridized carbons (Fsp3) is 0.944. The van der Waals surface area contributed by atoms with E-state index in [2.05, 4.69) is 24.1 Å². The van der Waals surface area contributed by atoms with Crippen LogP contribution in [0.3, 0.4) is 0 Å². The van der Waals surface area contributed by atoms with Crippen LogP contribution in [0.5, 0.6) is 0 Å². The van der Waals surface area contributed by atoms with Crippen molar-refractivity contribution in [1.29, 1.82) is 0 Å². The van der Waals surface area contributed by atoms with Crippen LogP contribution >= 0.6 is 0 Å². The molecule has 2 aliphatic rings. The van der Waals surface area contributed by atoms with Gasteiger partial charge in [0.1, 0.15) is 0 Å². The standard InChI is InChI=1S/C18H32F3N3O/c1-13(2)24-9-5-14(6-10-24)22-16(25)11-23-8-7-15(18(19,20)21)17(3,4)12-23/h13-15H,5-12H2,1-4H3,(H,22,25). The maximum absolute atomic E-state index is 13.1. The number of alkyl halides is 3. The molecule has 2 rings (SSSR count). The molecule has 2 fully saturated rings. The second kappa shape index (κ2) is 7.82.